The van der Waals surface area contributed by atoms with Gasteiger partial charge in [-0.15, -0.1) is 0 Å². The van der Waals surface area contributed by atoms with Crippen molar-refractivity contribution >= 4 is 11.8 Å². The molecule has 2 aromatic carbocycles. The number of carbonyl (C=O) groups excluding carboxylic acids is 2. The van der Waals surface area contributed by atoms with Crippen LogP contribution in [0.3, 0.4) is 0 Å². The Morgan fingerprint density at radius 1 is 0.962 bits per heavy atom. The fourth-order valence-electron chi connectivity index (χ4n) is 2.32. The highest BCUT2D eigenvalue weighted by atomic mass is 16.5. The van der Waals surface area contributed by atoms with Gasteiger partial charge in [0.15, 0.2) is 6.61 Å². The first kappa shape index (κ1) is 19.3. The Morgan fingerprint density at radius 2 is 1.69 bits per heavy atom. The van der Waals surface area contributed by atoms with Gasteiger partial charge >= 0.3 is 0 Å². The summed E-state index contributed by atoms with van der Waals surface area (Å²) in [7, 11) is 1.62. The average Bonchev–Trinajstić information content (AvgIpc) is 2.66. The van der Waals surface area contributed by atoms with E-state index in [4.69, 9.17) is 9.47 Å². The Morgan fingerprint density at radius 3 is 2.42 bits per heavy atom. The maximum absolute atomic E-state index is 11.8. The SMILES string of the molecule is COc1ccccc1CCNC(=O)CNC(=O)COc1ccc(C)cc1. The van der Waals surface area contributed by atoms with Crippen LogP contribution in [0.25, 0.3) is 0 Å². The molecule has 0 aliphatic carbocycles. The van der Waals surface area contributed by atoms with Crippen molar-refractivity contribution < 1.29 is 19.1 Å². The van der Waals surface area contributed by atoms with Crippen LogP contribution >= 0.6 is 0 Å². The van der Waals surface area contributed by atoms with Crippen molar-refractivity contribution in [2.24, 2.45) is 0 Å². The van der Waals surface area contributed by atoms with Crippen LogP contribution in [0, 0.1) is 6.92 Å². The number of methoxy groups -OCH3 is 1. The molecule has 0 fully saturated rings. The van der Waals surface area contributed by atoms with Gasteiger partial charge < -0.3 is 20.1 Å². The third-order valence-electron chi connectivity index (χ3n) is 3.75. The van der Waals surface area contributed by atoms with Gasteiger partial charge in [-0.2, -0.15) is 0 Å². The summed E-state index contributed by atoms with van der Waals surface area (Å²) in [4.78, 5) is 23.5. The minimum Gasteiger partial charge on any atom is -0.496 e. The molecule has 0 unspecified atom stereocenters. The Bertz CT molecular complexity index is 729. The Kier molecular flexibility index (Phi) is 7.49. The molecule has 2 amide bonds. The highest BCUT2D eigenvalue weighted by Gasteiger charge is 2.07. The quantitative estimate of drug-likeness (QED) is 0.719. The van der Waals surface area contributed by atoms with E-state index in [0.717, 1.165) is 16.9 Å². The molecule has 0 heterocycles. The van der Waals surface area contributed by atoms with Crippen LogP contribution in [-0.2, 0) is 16.0 Å². The molecular weight excluding hydrogens is 332 g/mol. The summed E-state index contributed by atoms with van der Waals surface area (Å²) in [5.41, 5.74) is 2.14. The number of benzene rings is 2. The molecule has 2 rings (SSSR count). The number of aryl methyl sites for hydroxylation is 1. The van der Waals surface area contributed by atoms with Crippen molar-refractivity contribution in [2.75, 3.05) is 26.8 Å². The van der Waals surface area contributed by atoms with E-state index in [1.54, 1.807) is 19.2 Å². The van der Waals surface area contributed by atoms with Gasteiger partial charge in [0.1, 0.15) is 11.5 Å². The predicted octanol–water partition coefficient (Wildman–Crippen LogP) is 1.86. The van der Waals surface area contributed by atoms with Gasteiger partial charge in [0, 0.05) is 6.54 Å². The van der Waals surface area contributed by atoms with Crippen LogP contribution in [-0.4, -0.2) is 38.6 Å². The van der Waals surface area contributed by atoms with Gasteiger partial charge in [0.05, 0.1) is 13.7 Å². The van der Waals surface area contributed by atoms with Crippen LogP contribution in [0.1, 0.15) is 11.1 Å². The maximum Gasteiger partial charge on any atom is 0.258 e. The van der Waals surface area contributed by atoms with E-state index in [-0.39, 0.29) is 25.0 Å². The Balaban J connectivity index is 1.63. The molecule has 0 atom stereocenters. The number of amides is 2. The minimum atomic E-state index is -0.342. The standard InChI is InChI=1S/C20H24N2O4/c1-15-7-9-17(10-8-15)26-14-20(24)22-13-19(23)21-12-11-16-5-3-4-6-18(16)25-2/h3-10H,11-14H2,1-2H3,(H,21,23)(H,22,24). The van der Waals surface area contributed by atoms with Gasteiger partial charge in [0.2, 0.25) is 5.91 Å². The number of carbonyl (C=O) groups is 2. The zero-order valence-corrected chi connectivity index (χ0v) is 15.1. The maximum atomic E-state index is 11.8. The van der Waals surface area contributed by atoms with Crippen LogP contribution in [0.5, 0.6) is 11.5 Å². The molecular formula is C20H24N2O4. The number of ether oxygens (including phenoxy) is 2. The highest BCUT2D eigenvalue weighted by Crippen LogP contribution is 2.17. The van der Waals surface area contributed by atoms with Crippen molar-refractivity contribution in [3.8, 4) is 11.5 Å². The molecule has 0 radical (unpaired) electrons. The van der Waals surface area contributed by atoms with E-state index in [1.165, 1.54) is 0 Å². The summed E-state index contributed by atoms with van der Waals surface area (Å²) < 4.78 is 10.6. The molecule has 6 nitrogen and oxygen atoms in total. The molecule has 0 saturated carbocycles. The summed E-state index contributed by atoms with van der Waals surface area (Å²) >= 11 is 0. The summed E-state index contributed by atoms with van der Waals surface area (Å²) in [5.74, 6) is 0.823. The molecule has 0 aromatic heterocycles. The molecule has 0 aliphatic rings. The number of rotatable bonds is 9. The first-order chi connectivity index (χ1) is 12.6. The Labute approximate surface area is 153 Å². The fourth-order valence-corrected chi connectivity index (χ4v) is 2.32. The van der Waals surface area contributed by atoms with Gasteiger partial charge in [0.25, 0.3) is 5.91 Å². The highest BCUT2D eigenvalue weighted by molar-refractivity contribution is 5.85. The zero-order valence-electron chi connectivity index (χ0n) is 15.1. The summed E-state index contributed by atoms with van der Waals surface area (Å²) in [6.07, 6.45) is 0.653. The van der Waals surface area contributed by atoms with E-state index in [9.17, 15) is 9.59 Å². The van der Waals surface area contributed by atoms with E-state index < -0.39 is 0 Å². The molecule has 6 heteroatoms. The first-order valence-corrected chi connectivity index (χ1v) is 8.43. The van der Waals surface area contributed by atoms with Crippen molar-refractivity contribution in [1.82, 2.24) is 10.6 Å². The summed E-state index contributed by atoms with van der Waals surface area (Å²) in [6.45, 7) is 2.23. The topological polar surface area (TPSA) is 76.7 Å². The molecule has 2 N–H and O–H groups in total. The molecule has 0 spiro atoms. The van der Waals surface area contributed by atoms with Crippen LogP contribution < -0.4 is 20.1 Å². The van der Waals surface area contributed by atoms with Crippen molar-refractivity contribution in [3.05, 3.63) is 59.7 Å². The second kappa shape index (κ2) is 10.1. The number of hydrogen-bond donors (Lipinski definition) is 2. The lowest BCUT2D eigenvalue weighted by Gasteiger charge is -2.10. The van der Waals surface area contributed by atoms with Gasteiger partial charge in [-0.1, -0.05) is 35.9 Å². The lowest BCUT2D eigenvalue weighted by molar-refractivity contribution is -0.127. The lowest BCUT2D eigenvalue weighted by Crippen LogP contribution is -2.39. The molecule has 0 bridgehead atoms. The molecule has 26 heavy (non-hydrogen) atoms. The van der Waals surface area contributed by atoms with E-state index in [0.29, 0.717) is 18.7 Å². The fraction of sp³-hybridized carbons (Fsp3) is 0.300. The lowest BCUT2D eigenvalue weighted by atomic mass is 10.1. The van der Waals surface area contributed by atoms with Gasteiger partial charge in [-0.3, -0.25) is 9.59 Å². The van der Waals surface area contributed by atoms with E-state index in [1.807, 2.05) is 43.3 Å². The molecule has 0 aliphatic heterocycles. The monoisotopic (exact) mass is 356 g/mol. The van der Waals surface area contributed by atoms with E-state index >= 15 is 0 Å². The van der Waals surface area contributed by atoms with Crippen LogP contribution in [0.2, 0.25) is 0 Å². The van der Waals surface area contributed by atoms with E-state index in [2.05, 4.69) is 10.6 Å². The second-order valence-corrected chi connectivity index (χ2v) is 5.79. The van der Waals surface area contributed by atoms with Crippen LogP contribution in [0.15, 0.2) is 48.5 Å². The van der Waals surface area contributed by atoms with Crippen molar-refractivity contribution in [2.45, 2.75) is 13.3 Å². The minimum absolute atomic E-state index is 0.0813. The van der Waals surface area contributed by atoms with Gasteiger partial charge in [-0.05, 0) is 37.1 Å². The average molecular weight is 356 g/mol. The zero-order chi connectivity index (χ0) is 18.8. The predicted molar refractivity (Wildman–Crippen MR) is 99.4 cm³/mol. The summed E-state index contributed by atoms with van der Waals surface area (Å²) in [5, 5.41) is 5.30. The van der Waals surface area contributed by atoms with Crippen LogP contribution in [0.4, 0.5) is 0 Å². The normalized spacial score (nSPS) is 10.1. The number of para-hydroxylation sites is 1. The summed E-state index contributed by atoms with van der Waals surface area (Å²) in [6, 6.07) is 15.1. The molecule has 138 valence electrons. The third kappa shape index (κ3) is 6.47. The van der Waals surface area contributed by atoms with Crippen molar-refractivity contribution in [1.29, 1.82) is 0 Å². The molecule has 2 aromatic rings. The van der Waals surface area contributed by atoms with Gasteiger partial charge in [-0.25, -0.2) is 0 Å². The smallest absolute Gasteiger partial charge is 0.258 e. The molecule has 0 saturated heterocycles. The second-order valence-electron chi connectivity index (χ2n) is 5.79. The Hall–Kier alpha value is -3.02. The van der Waals surface area contributed by atoms with Crippen molar-refractivity contribution in [3.63, 3.8) is 0 Å². The largest absolute Gasteiger partial charge is 0.496 e. The number of nitrogens with one attached hydrogen (secondary N) is 2. The third-order valence-corrected chi connectivity index (χ3v) is 3.75. The number of hydrogen-bond acceptors (Lipinski definition) is 4. The first-order valence-electron chi connectivity index (χ1n) is 8.43.